The second-order valence-corrected chi connectivity index (χ2v) is 4.29. The molecular formula is C11H14Cl2O2. The molecule has 2 N–H and O–H groups in total. The first-order valence-corrected chi connectivity index (χ1v) is 5.62. The van der Waals surface area contributed by atoms with Crippen LogP contribution in [0.2, 0.25) is 10.0 Å². The maximum atomic E-state index is 9.61. The quantitative estimate of drug-likeness (QED) is 0.842. The van der Waals surface area contributed by atoms with E-state index in [0.29, 0.717) is 29.3 Å². The molecule has 1 unspecified atom stereocenters. The Morgan fingerprint density at radius 3 is 2.53 bits per heavy atom. The van der Waals surface area contributed by atoms with Gasteiger partial charge in [0.05, 0.1) is 16.1 Å². The lowest BCUT2D eigenvalue weighted by atomic mass is 10.0. The summed E-state index contributed by atoms with van der Waals surface area (Å²) in [7, 11) is 0. The largest absolute Gasteiger partial charge is 0.396 e. The molecule has 0 aliphatic rings. The van der Waals surface area contributed by atoms with Gasteiger partial charge in [0, 0.05) is 6.61 Å². The Labute approximate surface area is 99.5 Å². The minimum atomic E-state index is -0.436. The molecule has 15 heavy (non-hydrogen) atoms. The summed E-state index contributed by atoms with van der Waals surface area (Å²) < 4.78 is 0. The molecule has 0 saturated heterocycles. The fraction of sp³-hybridized carbons (Fsp3) is 0.455. The van der Waals surface area contributed by atoms with Crippen LogP contribution >= 0.6 is 23.2 Å². The highest BCUT2D eigenvalue weighted by Gasteiger charge is 2.06. The molecule has 0 aliphatic heterocycles. The van der Waals surface area contributed by atoms with Crippen LogP contribution in [0, 0.1) is 0 Å². The van der Waals surface area contributed by atoms with Gasteiger partial charge in [-0.1, -0.05) is 29.3 Å². The maximum Gasteiger partial charge on any atom is 0.0595 e. The minimum Gasteiger partial charge on any atom is -0.396 e. The molecule has 0 bridgehead atoms. The summed E-state index contributed by atoms with van der Waals surface area (Å²) in [6.45, 7) is 0.110. The number of hydrogen-bond acceptors (Lipinski definition) is 2. The summed E-state index contributed by atoms with van der Waals surface area (Å²) in [5.74, 6) is 0. The van der Waals surface area contributed by atoms with Crippen molar-refractivity contribution >= 4 is 23.2 Å². The fourth-order valence-electron chi connectivity index (χ4n) is 1.37. The van der Waals surface area contributed by atoms with Crippen molar-refractivity contribution in [2.24, 2.45) is 0 Å². The highest BCUT2D eigenvalue weighted by atomic mass is 35.5. The Kier molecular flexibility index (Phi) is 5.40. The Hall–Kier alpha value is -0.280. The first-order valence-electron chi connectivity index (χ1n) is 4.86. The van der Waals surface area contributed by atoms with Gasteiger partial charge in [0.2, 0.25) is 0 Å². The van der Waals surface area contributed by atoms with Crippen LogP contribution < -0.4 is 0 Å². The monoisotopic (exact) mass is 248 g/mol. The Morgan fingerprint density at radius 2 is 1.93 bits per heavy atom. The lowest BCUT2D eigenvalue weighted by Crippen LogP contribution is -2.10. The fourth-order valence-corrected chi connectivity index (χ4v) is 1.69. The van der Waals surface area contributed by atoms with Crippen molar-refractivity contribution in [3.05, 3.63) is 33.8 Å². The smallest absolute Gasteiger partial charge is 0.0595 e. The van der Waals surface area contributed by atoms with Crippen molar-refractivity contribution in [3.8, 4) is 0 Å². The highest BCUT2D eigenvalue weighted by Crippen LogP contribution is 2.23. The highest BCUT2D eigenvalue weighted by molar-refractivity contribution is 6.42. The van der Waals surface area contributed by atoms with Crippen molar-refractivity contribution in [2.75, 3.05) is 6.61 Å². The number of aliphatic hydroxyl groups is 2. The molecule has 0 amide bonds. The van der Waals surface area contributed by atoms with Crippen LogP contribution in [0.1, 0.15) is 18.4 Å². The molecule has 1 aromatic carbocycles. The third-order valence-corrected chi connectivity index (χ3v) is 2.89. The van der Waals surface area contributed by atoms with Crippen molar-refractivity contribution in [1.29, 1.82) is 0 Å². The number of halogens is 2. The third kappa shape index (κ3) is 4.39. The van der Waals surface area contributed by atoms with Gasteiger partial charge >= 0.3 is 0 Å². The summed E-state index contributed by atoms with van der Waals surface area (Å²) in [6.07, 6.45) is 1.31. The molecule has 84 valence electrons. The van der Waals surface area contributed by atoms with Crippen LogP contribution in [0.3, 0.4) is 0 Å². The predicted molar refractivity (Wildman–Crippen MR) is 62.5 cm³/mol. The van der Waals surface area contributed by atoms with Crippen molar-refractivity contribution in [3.63, 3.8) is 0 Å². The van der Waals surface area contributed by atoms with Crippen molar-refractivity contribution < 1.29 is 10.2 Å². The Morgan fingerprint density at radius 1 is 1.20 bits per heavy atom. The molecule has 0 aliphatic carbocycles. The van der Waals surface area contributed by atoms with Gasteiger partial charge in [-0.15, -0.1) is 0 Å². The third-order valence-electron chi connectivity index (χ3n) is 2.15. The van der Waals surface area contributed by atoms with Gasteiger partial charge in [-0.05, 0) is 37.0 Å². The van der Waals surface area contributed by atoms with Crippen LogP contribution in [-0.4, -0.2) is 22.9 Å². The topological polar surface area (TPSA) is 40.5 Å². The zero-order valence-corrected chi connectivity index (χ0v) is 9.80. The SMILES string of the molecule is OCCCC(O)Cc1ccc(Cl)c(Cl)c1. The maximum absolute atomic E-state index is 9.61. The molecule has 0 aromatic heterocycles. The van der Waals surface area contributed by atoms with E-state index in [1.165, 1.54) is 0 Å². The summed E-state index contributed by atoms with van der Waals surface area (Å²) in [6, 6.07) is 5.32. The lowest BCUT2D eigenvalue weighted by Gasteiger charge is -2.10. The summed E-state index contributed by atoms with van der Waals surface area (Å²) in [5.41, 5.74) is 0.954. The van der Waals surface area contributed by atoms with E-state index >= 15 is 0 Å². The van der Waals surface area contributed by atoms with E-state index < -0.39 is 6.10 Å². The van der Waals surface area contributed by atoms with Gasteiger partial charge in [0.25, 0.3) is 0 Å². The minimum absolute atomic E-state index is 0.110. The molecule has 1 rings (SSSR count). The molecule has 4 heteroatoms. The van der Waals surface area contributed by atoms with Crippen molar-refractivity contribution in [2.45, 2.75) is 25.4 Å². The van der Waals surface area contributed by atoms with Crippen LogP contribution in [0.15, 0.2) is 18.2 Å². The summed E-state index contributed by atoms with van der Waals surface area (Å²) in [5, 5.41) is 19.2. The zero-order valence-electron chi connectivity index (χ0n) is 8.29. The van der Waals surface area contributed by atoms with Gasteiger partial charge in [-0.3, -0.25) is 0 Å². The van der Waals surface area contributed by atoms with E-state index in [1.807, 2.05) is 6.07 Å². The average Bonchev–Trinajstić information content (AvgIpc) is 2.20. The standard InChI is InChI=1S/C11H14Cl2O2/c12-10-4-3-8(7-11(10)13)6-9(15)2-1-5-14/h3-4,7,9,14-15H,1-2,5-6H2. The molecule has 0 heterocycles. The van der Waals surface area contributed by atoms with E-state index in [0.717, 1.165) is 5.56 Å². The first-order chi connectivity index (χ1) is 7.13. The van der Waals surface area contributed by atoms with Gasteiger partial charge in [-0.2, -0.15) is 0 Å². The van der Waals surface area contributed by atoms with Crippen LogP contribution in [0.4, 0.5) is 0 Å². The summed E-state index contributed by atoms with van der Waals surface area (Å²) in [4.78, 5) is 0. The molecule has 0 saturated carbocycles. The molecular weight excluding hydrogens is 235 g/mol. The summed E-state index contributed by atoms with van der Waals surface area (Å²) >= 11 is 11.6. The number of rotatable bonds is 5. The number of aliphatic hydroxyl groups excluding tert-OH is 2. The molecule has 0 fully saturated rings. The second-order valence-electron chi connectivity index (χ2n) is 3.47. The number of benzene rings is 1. The van der Waals surface area contributed by atoms with E-state index in [9.17, 15) is 5.11 Å². The Balaban J connectivity index is 2.53. The van der Waals surface area contributed by atoms with E-state index in [1.54, 1.807) is 12.1 Å². The predicted octanol–water partition coefficient (Wildman–Crippen LogP) is 2.67. The zero-order chi connectivity index (χ0) is 11.3. The van der Waals surface area contributed by atoms with Gasteiger partial charge in [0.1, 0.15) is 0 Å². The van der Waals surface area contributed by atoms with E-state index in [4.69, 9.17) is 28.3 Å². The molecule has 0 spiro atoms. The van der Waals surface area contributed by atoms with Gasteiger partial charge in [-0.25, -0.2) is 0 Å². The van der Waals surface area contributed by atoms with Crippen molar-refractivity contribution in [1.82, 2.24) is 0 Å². The molecule has 1 aromatic rings. The van der Waals surface area contributed by atoms with E-state index in [-0.39, 0.29) is 6.61 Å². The Bertz CT molecular complexity index is 315. The number of hydrogen-bond donors (Lipinski definition) is 2. The van der Waals surface area contributed by atoms with Gasteiger partial charge in [0.15, 0.2) is 0 Å². The van der Waals surface area contributed by atoms with Crippen LogP contribution in [0.5, 0.6) is 0 Å². The van der Waals surface area contributed by atoms with Crippen LogP contribution in [-0.2, 0) is 6.42 Å². The van der Waals surface area contributed by atoms with Crippen LogP contribution in [0.25, 0.3) is 0 Å². The molecule has 0 radical (unpaired) electrons. The molecule has 2 nitrogen and oxygen atoms in total. The second kappa shape index (κ2) is 6.33. The van der Waals surface area contributed by atoms with Gasteiger partial charge < -0.3 is 10.2 Å². The normalized spacial score (nSPS) is 12.8. The first kappa shape index (κ1) is 12.8. The van der Waals surface area contributed by atoms with E-state index in [2.05, 4.69) is 0 Å². The molecule has 1 atom stereocenters. The lowest BCUT2D eigenvalue weighted by molar-refractivity contribution is 0.150. The average molecular weight is 249 g/mol.